The number of hydrogen-bond acceptors (Lipinski definition) is 4. The fraction of sp³-hybridized carbons (Fsp3) is 0.500. The number of nitrogens with one attached hydrogen (secondary N) is 1. The van der Waals surface area contributed by atoms with Gasteiger partial charge in [-0.2, -0.15) is 0 Å². The van der Waals surface area contributed by atoms with Crippen LogP contribution in [0.15, 0.2) is 24.3 Å². The first kappa shape index (κ1) is 17.4. The molecule has 2 aliphatic rings. The third-order valence-corrected chi connectivity index (χ3v) is 4.87. The number of benzene rings is 1. The van der Waals surface area contributed by atoms with Gasteiger partial charge in [0.25, 0.3) is 0 Å². The van der Waals surface area contributed by atoms with Gasteiger partial charge in [-0.3, -0.25) is 14.5 Å². The molecule has 4 amide bonds. The Hall–Kier alpha value is -2.41. The number of nitrogens with zero attached hydrogens (tertiary/aromatic N) is 2. The molecule has 7 heteroatoms. The van der Waals surface area contributed by atoms with Crippen LogP contribution in [0, 0.1) is 0 Å². The number of quaternary nitrogens is 1. The molecular formula is C18H24N3O4+. The summed E-state index contributed by atoms with van der Waals surface area (Å²) in [4.78, 5) is 40.2. The lowest BCUT2D eigenvalue weighted by Crippen LogP contribution is -3.09. The second-order valence-electron chi connectivity index (χ2n) is 6.77. The Kier molecular flexibility index (Phi) is 5.03. The monoisotopic (exact) mass is 346 g/mol. The van der Waals surface area contributed by atoms with Gasteiger partial charge in [0.2, 0.25) is 0 Å². The van der Waals surface area contributed by atoms with Crippen LogP contribution in [0.25, 0.3) is 0 Å². The van der Waals surface area contributed by atoms with Crippen molar-refractivity contribution in [1.29, 1.82) is 0 Å². The third-order valence-electron chi connectivity index (χ3n) is 4.87. The molecule has 0 spiro atoms. The van der Waals surface area contributed by atoms with Crippen molar-refractivity contribution in [3.63, 3.8) is 0 Å². The lowest BCUT2D eigenvalue weighted by molar-refractivity contribution is -0.901. The van der Waals surface area contributed by atoms with Gasteiger partial charge in [0.05, 0.1) is 14.2 Å². The number of rotatable bonds is 6. The number of methoxy groups -OCH3 is 1. The van der Waals surface area contributed by atoms with E-state index < -0.39 is 17.8 Å². The Morgan fingerprint density at radius 2 is 1.72 bits per heavy atom. The predicted molar refractivity (Wildman–Crippen MR) is 89.8 cm³/mol. The van der Waals surface area contributed by atoms with E-state index in [1.807, 2.05) is 31.3 Å². The molecular weight excluding hydrogens is 322 g/mol. The molecule has 1 saturated carbocycles. The van der Waals surface area contributed by atoms with Crippen molar-refractivity contribution < 1.29 is 24.0 Å². The van der Waals surface area contributed by atoms with Crippen LogP contribution in [-0.2, 0) is 16.1 Å². The molecule has 3 rings (SSSR count). The minimum absolute atomic E-state index is 0.115. The first-order valence-electron chi connectivity index (χ1n) is 8.64. The first-order chi connectivity index (χ1) is 12.0. The molecule has 1 N–H and O–H groups in total. The second kappa shape index (κ2) is 7.23. The van der Waals surface area contributed by atoms with Gasteiger partial charge in [-0.05, 0) is 37.1 Å². The van der Waals surface area contributed by atoms with Crippen molar-refractivity contribution in [2.45, 2.75) is 38.3 Å². The lowest BCUT2D eigenvalue weighted by atomic mass is 10.2. The second-order valence-corrected chi connectivity index (χ2v) is 6.77. The minimum atomic E-state index is -0.703. The van der Waals surface area contributed by atoms with Crippen molar-refractivity contribution in [3.8, 4) is 5.75 Å². The van der Waals surface area contributed by atoms with Crippen LogP contribution in [0.5, 0.6) is 5.75 Å². The smallest absolute Gasteiger partial charge is 0.338 e. The van der Waals surface area contributed by atoms with Crippen LogP contribution in [-0.4, -0.2) is 54.5 Å². The summed E-state index contributed by atoms with van der Waals surface area (Å²) in [5.74, 6) is -0.593. The number of carbonyl (C=O) groups is 3. The molecule has 1 aliphatic carbocycles. The molecule has 1 unspecified atom stereocenters. The number of hydrogen-bond donors (Lipinski definition) is 1. The molecule has 1 atom stereocenters. The SMILES string of the molecule is COc1ccc(C[NH+](C)CN2C(=O)C(=O)N(C3CCCC3)C2=O)cc1. The maximum Gasteiger partial charge on any atom is 0.338 e. The fourth-order valence-electron chi connectivity index (χ4n) is 3.56. The summed E-state index contributed by atoms with van der Waals surface area (Å²) in [5, 5.41) is 0. The maximum absolute atomic E-state index is 12.6. The zero-order valence-corrected chi connectivity index (χ0v) is 14.7. The molecule has 7 nitrogen and oxygen atoms in total. The van der Waals surface area contributed by atoms with Crippen LogP contribution in [0.4, 0.5) is 4.79 Å². The van der Waals surface area contributed by atoms with Gasteiger partial charge in [0.15, 0.2) is 6.67 Å². The van der Waals surface area contributed by atoms with Gasteiger partial charge in [-0.1, -0.05) is 12.8 Å². The summed E-state index contributed by atoms with van der Waals surface area (Å²) in [6.07, 6.45) is 3.59. The average Bonchev–Trinajstić information content (AvgIpc) is 3.19. The molecule has 1 heterocycles. The summed E-state index contributed by atoms with van der Waals surface area (Å²) in [6, 6.07) is 7.07. The Morgan fingerprint density at radius 1 is 1.08 bits per heavy atom. The van der Waals surface area contributed by atoms with Gasteiger partial charge in [0.1, 0.15) is 12.3 Å². The molecule has 1 aliphatic heterocycles. The number of ether oxygens (including phenoxy) is 1. The Balaban J connectivity index is 1.63. The molecule has 2 fully saturated rings. The summed E-state index contributed by atoms with van der Waals surface area (Å²) >= 11 is 0. The molecule has 134 valence electrons. The number of urea groups is 1. The van der Waals surface area contributed by atoms with Crippen molar-refractivity contribution in [1.82, 2.24) is 9.80 Å². The van der Waals surface area contributed by atoms with E-state index in [2.05, 4.69) is 0 Å². The van der Waals surface area contributed by atoms with Crippen LogP contribution < -0.4 is 9.64 Å². The molecule has 0 radical (unpaired) electrons. The maximum atomic E-state index is 12.6. The highest BCUT2D eigenvalue weighted by atomic mass is 16.5. The van der Waals surface area contributed by atoms with E-state index >= 15 is 0 Å². The van der Waals surface area contributed by atoms with Gasteiger partial charge < -0.3 is 9.64 Å². The Morgan fingerprint density at radius 3 is 2.32 bits per heavy atom. The van der Waals surface area contributed by atoms with Crippen LogP contribution in [0.3, 0.4) is 0 Å². The summed E-state index contributed by atoms with van der Waals surface area (Å²) < 4.78 is 5.13. The summed E-state index contributed by atoms with van der Waals surface area (Å²) in [5.41, 5.74) is 1.07. The van der Waals surface area contributed by atoms with Crippen LogP contribution in [0.2, 0.25) is 0 Å². The Bertz CT molecular complexity index is 667. The standard InChI is InChI=1S/C18H23N3O4/c1-19(11-13-7-9-15(25-2)10-8-13)12-20-16(22)17(23)21(18(20)24)14-5-3-4-6-14/h7-10,14H,3-6,11-12H2,1-2H3/p+1. The van der Waals surface area contributed by atoms with Gasteiger partial charge >= 0.3 is 17.8 Å². The van der Waals surface area contributed by atoms with E-state index in [4.69, 9.17) is 4.74 Å². The van der Waals surface area contributed by atoms with Gasteiger partial charge in [-0.15, -0.1) is 0 Å². The molecule has 0 aromatic heterocycles. The van der Waals surface area contributed by atoms with Crippen LogP contribution in [0.1, 0.15) is 31.2 Å². The van der Waals surface area contributed by atoms with E-state index in [1.54, 1.807) is 7.11 Å². The summed E-state index contributed by atoms with van der Waals surface area (Å²) in [6.45, 7) is 0.817. The topological polar surface area (TPSA) is 71.4 Å². The summed E-state index contributed by atoms with van der Waals surface area (Å²) in [7, 11) is 3.51. The van der Waals surface area contributed by atoms with E-state index in [-0.39, 0.29) is 12.7 Å². The highest BCUT2D eigenvalue weighted by Gasteiger charge is 2.49. The van der Waals surface area contributed by atoms with E-state index in [0.717, 1.165) is 46.8 Å². The highest BCUT2D eigenvalue weighted by molar-refractivity contribution is 6.44. The largest absolute Gasteiger partial charge is 0.497 e. The number of imide groups is 2. The number of amides is 4. The zero-order valence-electron chi connectivity index (χ0n) is 14.7. The zero-order chi connectivity index (χ0) is 18.0. The normalized spacial score (nSPS) is 19.8. The van der Waals surface area contributed by atoms with Crippen molar-refractivity contribution >= 4 is 17.8 Å². The van der Waals surface area contributed by atoms with Crippen molar-refractivity contribution in [3.05, 3.63) is 29.8 Å². The average molecular weight is 346 g/mol. The quantitative estimate of drug-likeness (QED) is 0.598. The minimum Gasteiger partial charge on any atom is -0.497 e. The van der Waals surface area contributed by atoms with Gasteiger partial charge in [0, 0.05) is 11.6 Å². The third kappa shape index (κ3) is 3.51. The lowest BCUT2D eigenvalue weighted by Gasteiger charge is -2.22. The Labute approximate surface area is 147 Å². The van der Waals surface area contributed by atoms with Crippen molar-refractivity contribution in [2.75, 3.05) is 20.8 Å². The number of carbonyl (C=O) groups excluding carboxylic acids is 3. The molecule has 1 aromatic carbocycles. The van der Waals surface area contributed by atoms with Crippen LogP contribution >= 0.6 is 0 Å². The van der Waals surface area contributed by atoms with E-state index in [9.17, 15) is 14.4 Å². The van der Waals surface area contributed by atoms with Crippen molar-refractivity contribution in [2.24, 2.45) is 0 Å². The molecule has 0 bridgehead atoms. The molecule has 1 saturated heterocycles. The van der Waals surface area contributed by atoms with Gasteiger partial charge in [-0.25, -0.2) is 9.69 Å². The predicted octanol–water partition coefficient (Wildman–Crippen LogP) is 0.401. The van der Waals surface area contributed by atoms with E-state index in [0.29, 0.717) is 6.54 Å². The molecule has 25 heavy (non-hydrogen) atoms. The molecule has 1 aromatic rings. The first-order valence-corrected chi connectivity index (χ1v) is 8.64. The van der Waals surface area contributed by atoms with E-state index in [1.165, 1.54) is 4.90 Å². The highest BCUT2D eigenvalue weighted by Crippen LogP contribution is 2.27. The fourth-order valence-corrected chi connectivity index (χ4v) is 3.56.